The highest BCUT2D eigenvalue weighted by molar-refractivity contribution is 7.80. The van der Waals surface area contributed by atoms with Gasteiger partial charge in [-0.15, -0.1) is 0 Å². The van der Waals surface area contributed by atoms with Crippen molar-refractivity contribution in [2.24, 2.45) is 5.10 Å². The van der Waals surface area contributed by atoms with Crippen molar-refractivity contribution >= 4 is 23.0 Å². The van der Waals surface area contributed by atoms with Crippen molar-refractivity contribution < 1.29 is 9.47 Å². The van der Waals surface area contributed by atoms with E-state index in [1.165, 1.54) is 0 Å². The molecule has 0 spiro atoms. The second-order valence-electron chi connectivity index (χ2n) is 3.46. The van der Waals surface area contributed by atoms with Crippen LogP contribution in [0, 0.1) is 0 Å². The molecule has 2 N–H and O–H groups in total. The molecular weight excluding hydrogens is 250 g/mol. The Kier molecular flexibility index (Phi) is 5.38. The molecule has 6 heteroatoms. The Morgan fingerprint density at radius 1 is 1.22 bits per heavy atom. The van der Waals surface area contributed by atoms with Crippen LogP contribution < -0.4 is 20.2 Å². The van der Waals surface area contributed by atoms with Crippen molar-refractivity contribution in [3.8, 4) is 11.5 Å². The van der Waals surface area contributed by atoms with Gasteiger partial charge in [0.2, 0.25) is 0 Å². The number of thiocarbonyl (C=S) groups is 1. The van der Waals surface area contributed by atoms with Gasteiger partial charge in [0.1, 0.15) is 0 Å². The number of ether oxygens (including phenoxy) is 2. The topological polar surface area (TPSA) is 54.9 Å². The molecule has 0 aliphatic rings. The Bertz CT molecular complexity index is 461. The molecule has 0 amide bonds. The van der Waals surface area contributed by atoms with Gasteiger partial charge in [-0.25, -0.2) is 0 Å². The van der Waals surface area contributed by atoms with E-state index in [2.05, 4.69) is 15.8 Å². The van der Waals surface area contributed by atoms with Crippen molar-refractivity contribution in [3.05, 3.63) is 23.8 Å². The molecule has 0 bridgehead atoms. The van der Waals surface area contributed by atoms with Crippen molar-refractivity contribution in [1.29, 1.82) is 0 Å². The third-order valence-corrected chi connectivity index (χ3v) is 2.65. The molecule has 0 aromatic heterocycles. The van der Waals surface area contributed by atoms with Crippen LogP contribution in [0.15, 0.2) is 23.3 Å². The minimum atomic E-state index is 0.467. The first-order chi connectivity index (χ1) is 8.62. The van der Waals surface area contributed by atoms with Crippen molar-refractivity contribution in [2.45, 2.75) is 6.92 Å². The molecule has 0 fully saturated rings. The molecule has 0 atom stereocenters. The van der Waals surface area contributed by atoms with E-state index < -0.39 is 0 Å². The maximum Gasteiger partial charge on any atom is 0.186 e. The van der Waals surface area contributed by atoms with Crippen molar-refractivity contribution in [2.75, 3.05) is 21.3 Å². The summed E-state index contributed by atoms with van der Waals surface area (Å²) in [6.45, 7) is 1.88. The van der Waals surface area contributed by atoms with Gasteiger partial charge in [-0.05, 0) is 37.3 Å². The summed E-state index contributed by atoms with van der Waals surface area (Å²) >= 11 is 4.94. The first kappa shape index (κ1) is 14.2. The van der Waals surface area contributed by atoms with Crippen molar-refractivity contribution in [1.82, 2.24) is 10.7 Å². The minimum Gasteiger partial charge on any atom is -0.493 e. The van der Waals surface area contributed by atoms with E-state index in [1.54, 1.807) is 21.3 Å². The van der Waals surface area contributed by atoms with E-state index in [4.69, 9.17) is 21.7 Å². The number of hydrogen-bond donors (Lipinski definition) is 2. The maximum absolute atomic E-state index is 5.24. The van der Waals surface area contributed by atoms with Gasteiger partial charge < -0.3 is 14.8 Å². The third kappa shape index (κ3) is 3.59. The van der Waals surface area contributed by atoms with Gasteiger partial charge in [-0.1, -0.05) is 0 Å². The highest BCUT2D eigenvalue weighted by Gasteiger charge is 2.06. The number of methoxy groups -OCH3 is 2. The normalized spacial score (nSPS) is 10.8. The van der Waals surface area contributed by atoms with E-state index in [0.717, 1.165) is 11.3 Å². The average Bonchev–Trinajstić information content (AvgIpc) is 2.43. The first-order valence-electron chi connectivity index (χ1n) is 5.36. The fourth-order valence-corrected chi connectivity index (χ4v) is 1.36. The van der Waals surface area contributed by atoms with Crippen LogP contribution in [0.25, 0.3) is 0 Å². The van der Waals surface area contributed by atoms with E-state index in [9.17, 15) is 0 Å². The Morgan fingerprint density at radius 2 is 1.89 bits per heavy atom. The summed E-state index contributed by atoms with van der Waals surface area (Å²) in [5.41, 5.74) is 4.46. The molecule has 0 aliphatic heterocycles. The van der Waals surface area contributed by atoms with Gasteiger partial charge in [0.15, 0.2) is 16.6 Å². The van der Waals surface area contributed by atoms with Gasteiger partial charge in [0, 0.05) is 12.6 Å². The molecule has 98 valence electrons. The summed E-state index contributed by atoms with van der Waals surface area (Å²) in [6.07, 6.45) is 0. The summed E-state index contributed by atoms with van der Waals surface area (Å²) in [4.78, 5) is 0. The molecule has 0 unspecified atom stereocenters. The quantitative estimate of drug-likeness (QED) is 0.492. The molecule has 0 aliphatic carbocycles. The maximum atomic E-state index is 5.24. The van der Waals surface area contributed by atoms with E-state index in [-0.39, 0.29) is 0 Å². The molecule has 5 nitrogen and oxygen atoms in total. The lowest BCUT2D eigenvalue weighted by atomic mass is 10.1. The fraction of sp³-hybridized carbons (Fsp3) is 0.333. The predicted molar refractivity (Wildman–Crippen MR) is 76.6 cm³/mol. The van der Waals surface area contributed by atoms with Crippen LogP contribution in [-0.4, -0.2) is 32.1 Å². The number of benzene rings is 1. The fourth-order valence-electron chi connectivity index (χ4n) is 1.32. The average molecular weight is 267 g/mol. The lowest BCUT2D eigenvalue weighted by Crippen LogP contribution is -2.29. The van der Waals surface area contributed by atoms with Crippen LogP contribution in [0.1, 0.15) is 12.5 Å². The summed E-state index contributed by atoms with van der Waals surface area (Å²) in [7, 11) is 4.93. The Labute approximate surface area is 112 Å². The molecule has 1 aromatic rings. The molecule has 0 saturated carbocycles. The van der Waals surface area contributed by atoms with Gasteiger partial charge in [-0.2, -0.15) is 5.10 Å². The van der Waals surface area contributed by atoms with Gasteiger partial charge in [0.25, 0.3) is 0 Å². The van der Waals surface area contributed by atoms with E-state index >= 15 is 0 Å². The van der Waals surface area contributed by atoms with Crippen LogP contribution in [0.4, 0.5) is 0 Å². The van der Waals surface area contributed by atoms with Gasteiger partial charge >= 0.3 is 0 Å². The van der Waals surface area contributed by atoms with Crippen LogP contribution in [0.2, 0.25) is 0 Å². The van der Waals surface area contributed by atoms with Gasteiger partial charge in [0.05, 0.1) is 19.9 Å². The van der Waals surface area contributed by atoms with Crippen molar-refractivity contribution in [3.63, 3.8) is 0 Å². The van der Waals surface area contributed by atoms with E-state index in [0.29, 0.717) is 16.6 Å². The lowest BCUT2D eigenvalue weighted by molar-refractivity contribution is 0.355. The molecule has 0 heterocycles. The van der Waals surface area contributed by atoms with Crippen LogP contribution >= 0.6 is 12.2 Å². The molecule has 18 heavy (non-hydrogen) atoms. The third-order valence-electron chi connectivity index (χ3n) is 2.35. The second-order valence-corrected chi connectivity index (χ2v) is 3.87. The first-order valence-corrected chi connectivity index (χ1v) is 5.77. The number of hydrazone groups is 1. The molecule has 1 rings (SSSR count). The molecule has 1 aromatic carbocycles. The summed E-state index contributed by atoms with van der Waals surface area (Å²) in [5.74, 6) is 1.36. The number of nitrogens with zero attached hydrogens (tertiary/aromatic N) is 1. The second kappa shape index (κ2) is 6.80. The smallest absolute Gasteiger partial charge is 0.186 e. The lowest BCUT2D eigenvalue weighted by Gasteiger charge is -2.09. The molecule has 0 radical (unpaired) electrons. The SMILES string of the molecule is CNC(=S)N/N=C(\C)c1ccc(OC)c(OC)c1. The Morgan fingerprint density at radius 3 is 2.44 bits per heavy atom. The van der Waals surface area contributed by atoms with E-state index in [1.807, 2.05) is 25.1 Å². The Balaban J connectivity index is 2.92. The molecular formula is C12H17N3O2S. The summed E-state index contributed by atoms with van der Waals surface area (Å²) in [5, 5.41) is 7.41. The number of nitrogens with one attached hydrogen (secondary N) is 2. The number of hydrogen-bond acceptors (Lipinski definition) is 4. The number of rotatable bonds is 4. The molecule has 0 saturated heterocycles. The Hall–Kier alpha value is -1.82. The highest BCUT2D eigenvalue weighted by atomic mass is 32.1. The monoisotopic (exact) mass is 267 g/mol. The largest absolute Gasteiger partial charge is 0.493 e. The zero-order valence-corrected chi connectivity index (χ0v) is 11.7. The summed E-state index contributed by atoms with van der Waals surface area (Å²) in [6, 6.07) is 5.61. The van der Waals surface area contributed by atoms with Crippen LogP contribution in [-0.2, 0) is 0 Å². The van der Waals surface area contributed by atoms with Crippen LogP contribution in [0.3, 0.4) is 0 Å². The predicted octanol–water partition coefficient (Wildman–Crippen LogP) is 1.52. The summed E-state index contributed by atoms with van der Waals surface area (Å²) < 4.78 is 10.4. The van der Waals surface area contributed by atoms with Crippen LogP contribution in [0.5, 0.6) is 11.5 Å². The zero-order chi connectivity index (χ0) is 13.5. The van der Waals surface area contributed by atoms with Gasteiger partial charge in [-0.3, -0.25) is 5.43 Å². The highest BCUT2D eigenvalue weighted by Crippen LogP contribution is 2.27. The standard InChI is InChI=1S/C12H17N3O2S/c1-8(14-15-12(18)13-2)9-5-6-10(16-3)11(7-9)17-4/h5-7H,1-4H3,(H2,13,15,18)/b14-8+. The zero-order valence-electron chi connectivity index (χ0n) is 10.9. The minimum absolute atomic E-state index is 0.467.